The van der Waals surface area contributed by atoms with Crippen LogP contribution in [0.5, 0.6) is 0 Å². The van der Waals surface area contributed by atoms with Crippen molar-refractivity contribution in [3.8, 4) is 0 Å². The molecule has 2 saturated heterocycles. The molecule has 1 amide bonds. The number of fused-ring (bicyclic) bond motifs is 2. The van der Waals surface area contributed by atoms with Gasteiger partial charge < -0.3 is 14.6 Å². The maximum absolute atomic E-state index is 12.7. The van der Waals surface area contributed by atoms with E-state index in [1.165, 1.54) is 15.8 Å². The summed E-state index contributed by atoms with van der Waals surface area (Å²) in [4.78, 5) is 22.0. The highest BCUT2D eigenvalue weighted by Crippen LogP contribution is 2.28. The van der Waals surface area contributed by atoms with Crippen molar-refractivity contribution in [1.29, 1.82) is 0 Å². The van der Waals surface area contributed by atoms with Crippen LogP contribution in [-0.4, -0.2) is 52.5 Å². The monoisotopic (exact) mass is 395 g/mol. The van der Waals surface area contributed by atoms with Crippen molar-refractivity contribution in [2.24, 2.45) is 0 Å². The number of aromatic nitrogens is 1. The van der Waals surface area contributed by atoms with Crippen LogP contribution in [0.1, 0.15) is 23.3 Å². The SMILES string of the molecule is O=C1CO[C@H]2CCN(Cc3cccs3)CC[C@@H]2N1Cc1c[nH]c2ccccc12. The van der Waals surface area contributed by atoms with Crippen molar-refractivity contribution in [2.45, 2.75) is 38.1 Å². The first kappa shape index (κ1) is 17.9. The Morgan fingerprint density at radius 1 is 1.11 bits per heavy atom. The minimum Gasteiger partial charge on any atom is -0.366 e. The van der Waals surface area contributed by atoms with Crippen molar-refractivity contribution in [3.05, 3.63) is 58.4 Å². The fraction of sp³-hybridized carbons (Fsp3) is 0.409. The number of nitrogens with zero attached hydrogens (tertiary/aromatic N) is 2. The molecule has 0 spiro atoms. The molecule has 2 aliphatic heterocycles. The number of morpholine rings is 1. The lowest BCUT2D eigenvalue weighted by molar-refractivity contribution is -0.158. The number of thiophene rings is 1. The number of likely N-dealkylation sites (tertiary alicyclic amines) is 1. The van der Waals surface area contributed by atoms with Crippen molar-refractivity contribution in [3.63, 3.8) is 0 Å². The molecule has 5 rings (SSSR count). The smallest absolute Gasteiger partial charge is 0.249 e. The molecule has 4 heterocycles. The number of hydrogen-bond acceptors (Lipinski definition) is 4. The molecule has 2 aromatic heterocycles. The van der Waals surface area contributed by atoms with E-state index in [0.29, 0.717) is 6.54 Å². The van der Waals surface area contributed by atoms with E-state index in [1.807, 2.05) is 23.6 Å². The fourth-order valence-corrected chi connectivity index (χ4v) is 5.29. The zero-order valence-electron chi connectivity index (χ0n) is 15.8. The van der Waals surface area contributed by atoms with Crippen LogP contribution in [0.2, 0.25) is 0 Å². The maximum Gasteiger partial charge on any atom is 0.249 e. The third-order valence-corrected chi connectivity index (χ3v) is 6.88. The van der Waals surface area contributed by atoms with Gasteiger partial charge in [0.05, 0.1) is 12.1 Å². The number of hydrogen-bond donors (Lipinski definition) is 1. The Balaban J connectivity index is 1.34. The Bertz CT molecular complexity index is 952. The average Bonchev–Trinajstić information content (AvgIpc) is 3.32. The second-order valence-corrected chi connectivity index (χ2v) is 8.76. The molecule has 1 aromatic carbocycles. The number of amides is 1. The highest BCUT2D eigenvalue weighted by atomic mass is 32.1. The summed E-state index contributed by atoms with van der Waals surface area (Å²) in [7, 11) is 0. The summed E-state index contributed by atoms with van der Waals surface area (Å²) in [6.07, 6.45) is 4.12. The van der Waals surface area contributed by atoms with Crippen LogP contribution in [0.3, 0.4) is 0 Å². The Hall–Kier alpha value is -2.15. The first-order valence-corrected chi connectivity index (χ1v) is 10.9. The highest BCUT2D eigenvalue weighted by Gasteiger charge is 2.38. The highest BCUT2D eigenvalue weighted by molar-refractivity contribution is 7.09. The van der Waals surface area contributed by atoms with Gasteiger partial charge in [0.1, 0.15) is 6.61 Å². The van der Waals surface area contributed by atoms with Gasteiger partial charge in [-0.05, 0) is 35.9 Å². The number of para-hydroxylation sites is 1. The van der Waals surface area contributed by atoms with Gasteiger partial charge >= 0.3 is 0 Å². The molecule has 6 heteroatoms. The summed E-state index contributed by atoms with van der Waals surface area (Å²) in [5, 5.41) is 3.34. The van der Waals surface area contributed by atoms with E-state index in [2.05, 4.69) is 50.5 Å². The van der Waals surface area contributed by atoms with Gasteiger partial charge in [0.15, 0.2) is 0 Å². The zero-order valence-corrected chi connectivity index (χ0v) is 16.7. The molecule has 0 saturated carbocycles. The molecule has 2 aliphatic rings. The van der Waals surface area contributed by atoms with Crippen LogP contribution in [0.15, 0.2) is 48.0 Å². The molecule has 1 N–H and O–H groups in total. The topological polar surface area (TPSA) is 48.6 Å². The van der Waals surface area contributed by atoms with Crippen LogP contribution in [0, 0.1) is 0 Å². The minimum absolute atomic E-state index is 0.109. The molecular weight excluding hydrogens is 370 g/mol. The first-order chi connectivity index (χ1) is 13.8. The molecule has 2 atom stereocenters. The summed E-state index contributed by atoms with van der Waals surface area (Å²) in [6, 6.07) is 12.8. The third-order valence-electron chi connectivity index (χ3n) is 6.02. The number of carbonyl (C=O) groups excluding carboxylic acids is 1. The van der Waals surface area contributed by atoms with Crippen LogP contribution >= 0.6 is 11.3 Å². The van der Waals surface area contributed by atoms with E-state index in [9.17, 15) is 4.79 Å². The van der Waals surface area contributed by atoms with Gasteiger partial charge in [-0.15, -0.1) is 11.3 Å². The van der Waals surface area contributed by atoms with Gasteiger partial charge in [0.2, 0.25) is 5.91 Å². The van der Waals surface area contributed by atoms with E-state index in [-0.39, 0.29) is 24.7 Å². The molecule has 2 fully saturated rings. The van der Waals surface area contributed by atoms with E-state index in [4.69, 9.17) is 4.74 Å². The maximum atomic E-state index is 12.7. The summed E-state index contributed by atoms with van der Waals surface area (Å²) in [6.45, 7) is 3.87. The number of carbonyl (C=O) groups is 1. The minimum atomic E-state index is 0.109. The van der Waals surface area contributed by atoms with Gasteiger partial charge in [-0.25, -0.2) is 0 Å². The van der Waals surface area contributed by atoms with E-state index in [1.54, 1.807) is 0 Å². The lowest BCUT2D eigenvalue weighted by Gasteiger charge is -2.40. The van der Waals surface area contributed by atoms with Crippen LogP contribution in [0.4, 0.5) is 0 Å². The Morgan fingerprint density at radius 3 is 2.89 bits per heavy atom. The number of H-pyrrole nitrogens is 1. The fourth-order valence-electron chi connectivity index (χ4n) is 4.54. The van der Waals surface area contributed by atoms with Gasteiger partial charge in [0.25, 0.3) is 0 Å². The Morgan fingerprint density at radius 2 is 2.00 bits per heavy atom. The Kier molecular flexibility index (Phi) is 4.93. The van der Waals surface area contributed by atoms with E-state index < -0.39 is 0 Å². The van der Waals surface area contributed by atoms with E-state index >= 15 is 0 Å². The van der Waals surface area contributed by atoms with Crippen molar-refractivity contribution >= 4 is 28.1 Å². The van der Waals surface area contributed by atoms with Crippen LogP contribution in [0.25, 0.3) is 10.9 Å². The van der Waals surface area contributed by atoms with Crippen molar-refractivity contribution < 1.29 is 9.53 Å². The molecule has 5 nitrogen and oxygen atoms in total. The predicted molar refractivity (Wildman–Crippen MR) is 111 cm³/mol. The quantitative estimate of drug-likeness (QED) is 0.734. The number of rotatable bonds is 4. The van der Waals surface area contributed by atoms with Gasteiger partial charge in [-0.2, -0.15) is 0 Å². The van der Waals surface area contributed by atoms with Gasteiger partial charge in [0, 0.05) is 48.2 Å². The zero-order chi connectivity index (χ0) is 18.9. The molecule has 3 aromatic rings. The lowest BCUT2D eigenvalue weighted by Crippen LogP contribution is -2.53. The summed E-state index contributed by atoms with van der Waals surface area (Å²) >= 11 is 1.81. The Labute approximate surface area is 168 Å². The standard InChI is InChI=1S/C22H25N3O2S/c26-22-15-27-21-8-10-24(14-17-4-3-11-28-17)9-7-20(21)25(22)13-16-12-23-19-6-2-1-5-18(16)19/h1-6,11-12,20-21,23H,7-10,13-15H2/t20-,21-/m0/s1. The third kappa shape index (κ3) is 3.48. The number of benzene rings is 1. The van der Waals surface area contributed by atoms with Crippen LogP contribution < -0.4 is 0 Å². The first-order valence-electron chi connectivity index (χ1n) is 9.99. The van der Waals surface area contributed by atoms with Gasteiger partial charge in [-0.3, -0.25) is 9.69 Å². The molecule has 0 aliphatic carbocycles. The number of ether oxygens (including phenoxy) is 1. The average molecular weight is 396 g/mol. The van der Waals surface area contributed by atoms with Crippen molar-refractivity contribution in [1.82, 2.24) is 14.8 Å². The number of aromatic amines is 1. The molecular formula is C22H25N3O2S. The predicted octanol–water partition coefficient (Wildman–Crippen LogP) is 3.62. The lowest BCUT2D eigenvalue weighted by atomic mass is 10.0. The number of nitrogens with one attached hydrogen (secondary N) is 1. The molecule has 146 valence electrons. The normalized spacial score (nSPS) is 23.7. The summed E-state index contributed by atoms with van der Waals surface area (Å²) in [5.41, 5.74) is 2.31. The molecule has 0 radical (unpaired) electrons. The second kappa shape index (κ2) is 7.70. The molecule has 28 heavy (non-hydrogen) atoms. The molecule has 0 bridgehead atoms. The van der Waals surface area contributed by atoms with E-state index in [0.717, 1.165) is 38.0 Å². The second-order valence-electron chi connectivity index (χ2n) is 7.73. The summed E-state index contributed by atoms with van der Waals surface area (Å²) in [5.74, 6) is 0.109. The van der Waals surface area contributed by atoms with Crippen LogP contribution in [-0.2, 0) is 22.6 Å². The molecule has 0 unspecified atom stereocenters. The van der Waals surface area contributed by atoms with Gasteiger partial charge in [-0.1, -0.05) is 24.3 Å². The summed E-state index contributed by atoms with van der Waals surface area (Å²) < 4.78 is 5.97. The largest absolute Gasteiger partial charge is 0.366 e. The van der Waals surface area contributed by atoms with Crippen molar-refractivity contribution in [2.75, 3.05) is 19.7 Å².